The van der Waals surface area contributed by atoms with E-state index < -0.39 is 5.92 Å². The molecule has 0 aromatic heterocycles. The highest BCUT2D eigenvalue weighted by molar-refractivity contribution is 5.93. The minimum atomic E-state index is -0.486. The summed E-state index contributed by atoms with van der Waals surface area (Å²) in [5.74, 6) is -0.513. The number of carbonyl (C=O) groups excluding carboxylic acids is 2. The Labute approximate surface area is 77.6 Å². The Bertz CT molecular complexity index is 290. The molecule has 0 saturated carbocycles. The van der Waals surface area contributed by atoms with Gasteiger partial charge in [-0.25, -0.2) is 0 Å². The zero-order valence-corrected chi connectivity index (χ0v) is 7.57. The van der Waals surface area contributed by atoms with Crippen LogP contribution in [0.15, 0.2) is 30.3 Å². The van der Waals surface area contributed by atoms with Crippen molar-refractivity contribution in [2.45, 2.75) is 13.3 Å². The molecule has 0 amide bonds. The lowest BCUT2D eigenvalue weighted by molar-refractivity contribution is -0.126. The molecule has 1 unspecified atom stereocenters. The molecule has 0 aliphatic rings. The van der Waals surface area contributed by atoms with Crippen LogP contribution < -0.4 is 0 Å². The maximum absolute atomic E-state index is 11.3. The maximum atomic E-state index is 11.3. The first-order valence-corrected chi connectivity index (χ1v) is 4.26. The molecular formula is C11H12O2. The number of benzene rings is 1. The first-order valence-electron chi connectivity index (χ1n) is 4.26. The van der Waals surface area contributed by atoms with E-state index in [0.717, 1.165) is 5.56 Å². The molecule has 0 aliphatic heterocycles. The Morgan fingerprint density at radius 1 is 1.38 bits per heavy atom. The van der Waals surface area contributed by atoms with E-state index in [4.69, 9.17) is 0 Å². The summed E-state index contributed by atoms with van der Waals surface area (Å²) in [4.78, 5) is 21.6. The molecule has 1 aromatic carbocycles. The van der Waals surface area contributed by atoms with Gasteiger partial charge in [-0.05, 0) is 12.5 Å². The summed E-state index contributed by atoms with van der Waals surface area (Å²) in [5.41, 5.74) is 0.959. The van der Waals surface area contributed by atoms with Gasteiger partial charge in [-0.1, -0.05) is 30.3 Å². The lowest BCUT2D eigenvalue weighted by atomic mass is 10.0. The van der Waals surface area contributed by atoms with Crippen LogP contribution in [0.3, 0.4) is 0 Å². The number of hydrogen-bond acceptors (Lipinski definition) is 2. The summed E-state index contributed by atoms with van der Waals surface area (Å²) in [6.45, 7) is 1.62. The molecule has 13 heavy (non-hydrogen) atoms. The highest BCUT2D eigenvalue weighted by Crippen LogP contribution is 2.04. The van der Waals surface area contributed by atoms with Crippen LogP contribution >= 0.6 is 0 Å². The molecule has 2 nitrogen and oxygen atoms in total. The van der Waals surface area contributed by atoms with E-state index in [1.54, 1.807) is 6.92 Å². The Morgan fingerprint density at radius 3 is 2.54 bits per heavy atom. The van der Waals surface area contributed by atoms with Gasteiger partial charge in [0.2, 0.25) is 0 Å². The van der Waals surface area contributed by atoms with E-state index in [2.05, 4.69) is 0 Å². The van der Waals surface area contributed by atoms with Gasteiger partial charge in [0.25, 0.3) is 0 Å². The zero-order chi connectivity index (χ0) is 9.68. The van der Waals surface area contributed by atoms with Crippen LogP contribution in [0.4, 0.5) is 0 Å². The van der Waals surface area contributed by atoms with Crippen LogP contribution in [-0.4, -0.2) is 12.1 Å². The molecule has 0 aliphatic carbocycles. The largest absolute Gasteiger partial charge is 0.303 e. The Kier molecular flexibility index (Phi) is 3.38. The molecule has 68 valence electrons. The third-order valence-corrected chi connectivity index (χ3v) is 1.93. The average molecular weight is 176 g/mol. The third kappa shape index (κ3) is 2.82. The second-order valence-corrected chi connectivity index (χ2v) is 3.05. The fourth-order valence-electron chi connectivity index (χ4n) is 1.03. The number of ketones is 1. The second-order valence-electron chi connectivity index (χ2n) is 3.05. The second kappa shape index (κ2) is 4.55. The van der Waals surface area contributed by atoms with Gasteiger partial charge < -0.3 is 4.79 Å². The molecule has 0 spiro atoms. The van der Waals surface area contributed by atoms with Crippen LogP contribution in [0.5, 0.6) is 0 Å². The molecule has 0 radical (unpaired) electrons. The van der Waals surface area contributed by atoms with Crippen LogP contribution in [-0.2, 0) is 16.0 Å². The van der Waals surface area contributed by atoms with E-state index >= 15 is 0 Å². The van der Waals surface area contributed by atoms with Crippen molar-refractivity contribution in [2.24, 2.45) is 5.92 Å². The van der Waals surface area contributed by atoms with Gasteiger partial charge in [-0.3, -0.25) is 4.79 Å². The average Bonchev–Trinajstić information content (AvgIpc) is 2.18. The number of hydrogen-bond donors (Lipinski definition) is 0. The standard InChI is InChI=1S/C11H12O2/c1-9(8-12)11(13)7-10-5-3-2-4-6-10/h2-6,8-9H,7H2,1H3. The van der Waals surface area contributed by atoms with Gasteiger partial charge in [-0.15, -0.1) is 0 Å². The molecule has 0 saturated heterocycles. The summed E-state index contributed by atoms with van der Waals surface area (Å²) in [7, 11) is 0. The van der Waals surface area contributed by atoms with Crippen LogP contribution in [0, 0.1) is 5.92 Å². The Balaban J connectivity index is 2.60. The topological polar surface area (TPSA) is 34.1 Å². The highest BCUT2D eigenvalue weighted by atomic mass is 16.1. The van der Waals surface area contributed by atoms with Crippen molar-refractivity contribution in [1.82, 2.24) is 0 Å². The molecule has 0 bridgehead atoms. The lowest BCUT2D eigenvalue weighted by Crippen LogP contribution is -2.14. The van der Waals surface area contributed by atoms with Crippen molar-refractivity contribution in [3.8, 4) is 0 Å². The van der Waals surface area contributed by atoms with E-state index in [-0.39, 0.29) is 5.78 Å². The third-order valence-electron chi connectivity index (χ3n) is 1.93. The van der Waals surface area contributed by atoms with Gasteiger partial charge in [0.1, 0.15) is 12.1 Å². The van der Waals surface area contributed by atoms with Gasteiger partial charge >= 0.3 is 0 Å². The summed E-state index contributed by atoms with van der Waals surface area (Å²) >= 11 is 0. The SMILES string of the molecule is CC(C=O)C(=O)Cc1ccccc1. The number of rotatable bonds is 4. The number of Topliss-reactive ketones (excluding diaryl/α,β-unsaturated/α-hetero) is 1. The number of carbonyl (C=O) groups is 2. The number of aldehydes is 1. The molecule has 0 heterocycles. The molecule has 0 fully saturated rings. The van der Waals surface area contributed by atoms with E-state index in [9.17, 15) is 9.59 Å². The normalized spacial score (nSPS) is 12.1. The van der Waals surface area contributed by atoms with Crippen molar-refractivity contribution in [3.05, 3.63) is 35.9 Å². The van der Waals surface area contributed by atoms with Crippen molar-refractivity contribution >= 4 is 12.1 Å². The minimum Gasteiger partial charge on any atom is -0.303 e. The van der Waals surface area contributed by atoms with Crippen molar-refractivity contribution in [3.63, 3.8) is 0 Å². The molecular weight excluding hydrogens is 164 g/mol. The summed E-state index contributed by atoms with van der Waals surface area (Å²) < 4.78 is 0. The van der Waals surface area contributed by atoms with Crippen molar-refractivity contribution in [2.75, 3.05) is 0 Å². The highest BCUT2D eigenvalue weighted by Gasteiger charge is 2.11. The Morgan fingerprint density at radius 2 is 2.00 bits per heavy atom. The molecule has 1 aromatic rings. The van der Waals surface area contributed by atoms with Crippen LogP contribution in [0.2, 0.25) is 0 Å². The predicted octanol–water partition coefficient (Wildman–Crippen LogP) is 1.63. The smallest absolute Gasteiger partial charge is 0.147 e. The van der Waals surface area contributed by atoms with E-state index in [0.29, 0.717) is 12.7 Å². The molecule has 1 atom stereocenters. The lowest BCUT2D eigenvalue weighted by Gasteiger charge is -2.02. The summed E-state index contributed by atoms with van der Waals surface area (Å²) in [5, 5.41) is 0. The van der Waals surface area contributed by atoms with Gasteiger partial charge in [0.15, 0.2) is 0 Å². The van der Waals surface area contributed by atoms with Gasteiger partial charge in [0.05, 0.1) is 5.92 Å². The zero-order valence-electron chi connectivity index (χ0n) is 7.57. The Hall–Kier alpha value is -1.44. The predicted molar refractivity (Wildman–Crippen MR) is 50.4 cm³/mol. The fraction of sp³-hybridized carbons (Fsp3) is 0.273. The first kappa shape index (κ1) is 9.65. The molecule has 0 N–H and O–H groups in total. The first-order chi connectivity index (χ1) is 6.24. The van der Waals surface area contributed by atoms with E-state index in [1.165, 1.54) is 0 Å². The van der Waals surface area contributed by atoms with Crippen molar-refractivity contribution < 1.29 is 9.59 Å². The van der Waals surface area contributed by atoms with Crippen molar-refractivity contribution in [1.29, 1.82) is 0 Å². The quantitative estimate of drug-likeness (QED) is 0.516. The molecule has 1 rings (SSSR count). The molecule has 2 heteroatoms. The van der Waals surface area contributed by atoms with Crippen LogP contribution in [0.1, 0.15) is 12.5 Å². The summed E-state index contributed by atoms with van der Waals surface area (Å²) in [6.07, 6.45) is 1.03. The minimum absolute atomic E-state index is 0.0267. The maximum Gasteiger partial charge on any atom is 0.147 e. The van der Waals surface area contributed by atoms with Gasteiger partial charge in [-0.2, -0.15) is 0 Å². The van der Waals surface area contributed by atoms with Crippen LogP contribution in [0.25, 0.3) is 0 Å². The van der Waals surface area contributed by atoms with E-state index in [1.807, 2.05) is 30.3 Å². The summed E-state index contributed by atoms with van der Waals surface area (Å²) in [6, 6.07) is 9.43. The monoisotopic (exact) mass is 176 g/mol. The fourth-order valence-corrected chi connectivity index (χ4v) is 1.03. The van der Waals surface area contributed by atoms with Gasteiger partial charge in [0, 0.05) is 6.42 Å².